The molecule has 1 aromatic rings. The van der Waals surface area contributed by atoms with Crippen LogP contribution in [0.5, 0.6) is 0 Å². The Bertz CT molecular complexity index is 627. The Hall–Kier alpha value is -0.623. The molecule has 116 valence electrons. The van der Waals surface area contributed by atoms with E-state index in [4.69, 9.17) is 0 Å². The minimum Gasteiger partial charge on any atom is -0.236 e. The van der Waals surface area contributed by atoms with Crippen molar-refractivity contribution in [1.29, 1.82) is 0 Å². The summed E-state index contributed by atoms with van der Waals surface area (Å²) in [5.41, 5.74) is 1.89. The Kier molecular flexibility index (Phi) is 6.44. The molecule has 2 nitrogen and oxygen atoms in total. The first kappa shape index (κ1) is 19.4. The summed E-state index contributed by atoms with van der Waals surface area (Å²) < 4.78 is 25.4. The summed E-state index contributed by atoms with van der Waals surface area (Å²) in [7, 11) is -3.33. The third kappa shape index (κ3) is 3.64. The molecule has 1 aliphatic rings. The molecule has 22 heavy (non-hydrogen) atoms. The molecule has 1 atom stereocenters. The van der Waals surface area contributed by atoms with E-state index in [0.29, 0.717) is 5.25 Å². The SMILES string of the molecule is CCCCC1C=Cc2ccccc2[C-]1S(=O)(=O)C(C)(C)C.[Li+]. The average Bonchev–Trinajstić information content (AvgIpc) is 2.42. The molecule has 0 bridgehead atoms. The zero-order chi connectivity index (χ0) is 15.7. The van der Waals surface area contributed by atoms with Gasteiger partial charge in [0, 0.05) is 0 Å². The molecule has 0 saturated heterocycles. The fourth-order valence-corrected chi connectivity index (χ4v) is 4.43. The van der Waals surface area contributed by atoms with E-state index in [1.807, 2.05) is 24.3 Å². The summed E-state index contributed by atoms with van der Waals surface area (Å²) in [5, 5.41) is 0.613. The molecule has 1 aliphatic carbocycles. The molecule has 4 heteroatoms. The van der Waals surface area contributed by atoms with E-state index in [1.165, 1.54) is 0 Å². The van der Waals surface area contributed by atoms with Crippen molar-refractivity contribution in [1.82, 2.24) is 0 Å². The summed E-state index contributed by atoms with van der Waals surface area (Å²) in [4.78, 5) is 0. The summed E-state index contributed by atoms with van der Waals surface area (Å²) in [6, 6.07) is 7.81. The van der Waals surface area contributed by atoms with Crippen LogP contribution in [0.3, 0.4) is 0 Å². The minimum absolute atomic E-state index is 0. The van der Waals surface area contributed by atoms with Crippen molar-refractivity contribution in [3.05, 3.63) is 46.7 Å². The van der Waals surface area contributed by atoms with Gasteiger partial charge in [-0.2, -0.15) is 11.6 Å². The Morgan fingerprint density at radius 2 is 1.82 bits per heavy atom. The Morgan fingerprint density at radius 3 is 2.41 bits per heavy atom. The summed E-state index contributed by atoms with van der Waals surface area (Å²) in [5.74, 6) is 0.00377. The van der Waals surface area contributed by atoms with Crippen LogP contribution in [0.15, 0.2) is 30.3 Å². The van der Waals surface area contributed by atoms with Gasteiger partial charge in [-0.15, -0.1) is 23.8 Å². The molecule has 1 unspecified atom stereocenters. The van der Waals surface area contributed by atoms with E-state index in [2.05, 4.69) is 19.1 Å². The maximum absolute atomic E-state index is 13.1. The van der Waals surface area contributed by atoms with Crippen LogP contribution < -0.4 is 18.9 Å². The monoisotopic (exact) mass is 312 g/mol. The predicted octanol–water partition coefficient (Wildman–Crippen LogP) is 1.62. The second-order valence-corrected chi connectivity index (χ2v) is 9.35. The number of sulfone groups is 1. The number of allylic oxidation sites excluding steroid dienone is 1. The third-order valence-electron chi connectivity index (χ3n) is 4.04. The van der Waals surface area contributed by atoms with Crippen LogP contribution in [0.1, 0.15) is 58.1 Å². The van der Waals surface area contributed by atoms with Gasteiger partial charge in [0.1, 0.15) is 9.84 Å². The predicted molar refractivity (Wildman–Crippen MR) is 89.5 cm³/mol. The molecule has 0 aromatic heterocycles. The molecule has 2 rings (SSSR count). The van der Waals surface area contributed by atoms with Crippen LogP contribution in [0, 0.1) is 11.2 Å². The van der Waals surface area contributed by atoms with Crippen LogP contribution in [0.25, 0.3) is 6.08 Å². The van der Waals surface area contributed by atoms with Crippen LogP contribution in [0.4, 0.5) is 0 Å². The van der Waals surface area contributed by atoms with Gasteiger partial charge in [-0.3, -0.25) is 0 Å². The number of hydrogen-bond acceptors (Lipinski definition) is 2. The van der Waals surface area contributed by atoms with Gasteiger partial charge in [0.05, 0.1) is 4.75 Å². The zero-order valence-corrected chi connectivity index (χ0v) is 15.2. The van der Waals surface area contributed by atoms with E-state index >= 15 is 0 Å². The number of rotatable bonds is 4. The van der Waals surface area contributed by atoms with Gasteiger partial charge in [-0.05, 0) is 31.9 Å². The van der Waals surface area contributed by atoms with Crippen molar-refractivity contribution in [2.75, 3.05) is 0 Å². The normalized spacial score (nSPS) is 17.8. The molecule has 0 aliphatic heterocycles. The van der Waals surface area contributed by atoms with Gasteiger partial charge >= 0.3 is 18.9 Å². The minimum atomic E-state index is -3.33. The maximum Gasteiger partial charge on any atom is 1.00 e. The Balaban J connectivity index is 0.00000242. The van der Waals surface area contributed by atoms with E-state index in [-0.39, 0.29) is 24.8 Å². The van der Waals surface area contributed by atoms with Crippen molar-refractivity contribution in [2.45, 2.75) is 51.7 Å². The van der Waals surface area contributed by atoms with E-state index in [1.54, 1.807) is 20.8 Å². The standard InChI is InChI=1S/C18H25O2S.Li/c1-5-6-9-15-13-12-14-10-7-8-11-16(14)17(15)21(19,20)18(2,3)4;/h7-8,10-13,15H,5-6,9H2,1-4H3;/q-1;+1. The number of benzene rings is 1. The first-order chi connectivity index (χ1) is 9.79. The van der Waals surface area contributed by atoms with E-state index in [9.17, 15) is 8.42 Å². The largest absolute Gasteiger partial charge is 1.00 e. The second kappa shape index (κ2) is 7.30. The van der Waals surface area contributed by atoms with Crippen LogP contribution in [-0.2, 0) is 9.84 Å². The molecule has 0 heterocycles. The molecule has 0 radical (unpaired) electrons. The van der Waals surface area contributed by atoms with Crippen LogP contribution >= 0.6 is 0 Å². The van der Waals surface area contributed by atoms with E-state index in [0.717, 1.165) is 30.4 Å². The van der Waals surface area contributed by atoms with E-state index < -0.39 is 14.6 Å². The zero-order valence-electron chi connectivity index (χ0n) is 14.4. The quantitative estimate of drug-likeness (QED) is 0.625. The van der Waals surface area contributed by atoms with Gasteiger partial charge in [0.2, 0.25) is 0 Å². The summed E-state index contributed by atoms with van der Waals surface area (Å²) in [6.45, 7) is 7.49. The first-order valence-electron chi connectivity index (χ1n) is 7.68. The number of fused-ring (bicyclic) bond motifs is 1. The molecular formula is C18H25LiO2S. The molecular weight excluding hydrogens is 287 g/mol. The first-order valence-corrected chi connectivity index (χ1v) is 9.16. The Labute approximate surface area is 147 Å². The van der Waals surface area contributed by atoms with Crippen molar-refractivity contribution in [3.63, 3.8) is 0 Å². The summed E-state index contributed by atoms with van der Waals surface area (Å²) >= 11 is 0. The molecule has 0 amide bonds. The van der Waals surface area contributed by atoms with Gasteiger partial charge in [-0.1, -0.05) is 38.3 Å². The second-order valence-electron chi connectivity index (χ2n) is 6.68. The molecule has 0 spiro atoms. The molecule has 1 aromatic carbocycles. The molecule has 0 saturated carbocycles. The maximum atomic E-state index is 13.1. The fraction of sp³-hybridized carbons (Fsp3) is 0.500. The van der Waals surface area contributed by atoms with Crippen molar-refractivity contribution < 1.29 is 27.3 Å². The Morgan fingerprint density at radius 1 is 1.18 bits per heavy atom. The number of hydrogen-bond donors (Lipinski definition) is 0. The van der Waals surface area contributed by atoms with Crippen LogP contribution in [0.2, 0.25) is 0 Å². The van der Waals surface area contributed by atoms with Gasteiger partial charge in [0.15, 0.2) is 0 Å². The van der Waals surface area contributed by atoms with Gasteiger partial charge in [0.25, 0.3) is 0 Å². The van der Waals surface area contributed by atoms with Crippen molar-refractivity contribution in [2.24, 2.45) is 5.92 Å². The van der Waals surface area contributed by atoms with Crippen molar-refractivity contribution in [3.8, 4) is 0 Å². The van der Waals surface area contributed by atoms with Gasteiger partial charge in [-0.25, -0.2) is 8.42 Å². The fourth-order valence-electron chi connectivity index (χ4n) is 2.70. The topological polar surface area (TPSA) is 34.1 Å². The van der Waals surface area contributed by atoms with Gasteiger partial charge < -0.3 is 0 Å². The molecule has 0 N–H and O–H groups in total. The smallest absolute Gasteiger partial charge is 0.236 e. The van der Waals surface area contributed by atoms with Crippen molar-refractivity contribution >= 4 is 15.9 Å². The third-order valence-corrected chi connectivity index (χ3v) is 6.75. The summed E-state index contributed by atoms with van der Waals surface area (Å²) in [6.07, 6.45) is 7.15. The van der Waals surface area contributed by atoms with Crippen LogP contribution in [-0.4, -0.2) is 13.2 Å². The molecule has 0 fully saturated rings. The average molecular weight is 312 g/mol. The number of unbranched alkanes of at least 4 members (excludes halogenated alkanes) is 1.